The molecular formula is C16H20N4S. The van der Waals surface area contributed by atoms with Gasteiger partial charge in [0.15, 0.2) is 0 Å². The molecule has 0 aliphatic carbocycles. The highest BCUT2D eigenvalue weighted by molar-refractivity contribution is 7.18. The maximum absolute atomic E-state index is 4.79. The van der Waals surface area contributed by atoms with Gasteiger partial charge < -0.3 is 5.32 Å². The number of hydrogen-bond donors (Lipinski definition) is 1. The van der Waals surface area contributed by atoms with Crippen molar-refractivity contribution in [2.75, 3.05) is 6.54 Å². The van der Waals surface area contributed by atoms with Crippen LogP contribution in [0.1, 0.15) is 30.6 Å². The average Bonchev–Trinajstić information content (AvgIpc) is 3.12. The van der Waals surface area contributed by atoms with Crippen molar-refractivity contribution in [3.8, 4) is 0 Å². The number of para-hydroxylation sites is 1. The lowest BCUT2D eigenvalue weighted by Crippen LogP contribution is -2.24. The molecule has 3 rings (SSSR count). The van der Waals surface area contributed by atoms with Crippen LogP contribution < -0.4 is 5.32 Å². The molecule has 0 spiro atoms. The van der Waals surface area contributed by atoms with Crippen LogP contribution in [-0.4, -0.2) is 21.3 Å². The van der Waals surface area contributed by atoms with Crippen molar-refractivity contribution < 1.29 is 0 Å². The number of nitrogens with one attached hydrogen (secondary N) is 1. The number of rotatable bonds is 6. The minimum Gasteiger partial charge on any atom is -0.308 e. The predicted molar refractivity (Wildman–Crippen MR) is 87.6 cm³/mol. The van der Waals surface area contributed by atoms with Gasteiger partial charge in [-0.25, -0.2) is 4.98 Å². The van der Waals surface area contributed by atoms with E-state index in [4.69, 9.17) is 4.98 Å². The highest BCUT2D eigenvalue weighted by Crippen LogP contribution is 2.28. The molecule has 5 heteroatoms. The lowest BCUT2D eigenvalue weighted by Gasteiger charge is -2.15. The van der Waals surface area contributed by atoms with E-state index in [1.165, 1.54) is 10.4 Å². The summed E-state index contributed by atoms with van der Waals surface area (Å²) in [6, 6.07) is 10.7. The molecule has 1 atom stereocenters. The van der Waals surface area contributed by atoms with Crippen molar-refractivity contribution >= 4 is 21.6 Å². The Kier molecular flexibility index (Phi) is 4.31. The summed E-state index contributed by atoms with van der Waals surface area (Å²) in [6.07, 6.45) is 2.79. The van der Waals surface area contributed by atoms with Crippen LogP contribution in [0.5, 0.6) is 0 Å². The second-order valence-electron chi connectivity index (χ2n) is 4.97. The Labute approximate surface area is 128 Å². The maximum atomic E-state index is 4.79. The van der Waals surface area contributed by atoms with Crippen LogP contribution in [0.3, 0.4) is 0 Å². The van der Waals surface area contributed by atoms with Crippen LogP contribution in [-0.2, 0) is 13.0 Å². The van der Waals surface area contributed by atoms with Gasteiger partial charge in [0.1, 0.15) is 5.01 Å². The molecule has 2 aromatic heterocycles. The first-order valence-corrected chi connectivity index (χ1v) is 8.23. The molecular weight excluding hydrogens is 280 g/mol. The minimum atomic E-state index is 0.245. The molecule has 1 aromatic carbocycles. The summed E-state index contributed by atoms with van der Waals surface area (Å²) in [5.74, 6) is 0. The third-order valence-corrected chi connectivity index (χ3v) is 4.73. The molecule has 2 heterocycles. The lowest BCUT2D eigenvalue weighted by atomic mass is 10.1. The Hall–Kier alpha value is -1.72. The average molecular weight is 300 g/mol. The summed E-state index contributed by atoms with van der Waals surface area (Å²) >= 11 is 1.78. The van der Waals surface area contributed by atoms with E-state index >= 15 is 0 Å². The highest BCUT2D eigenvalue weighted by Gasteiger charge is 2.17. The Morgan fingerprint density at radius 2 is 2.10 bits per heavy atom. The lowest BCUT2D eigenvalue weighted by molar-refractivity contribution is 0.515. The molecule has 0 aliphatic rings. The summed E-state index contributed by atoms with van der Waals surface area (Å²) in [5, 5.41) is 9.07. The Morgan fingerprint density at radius 3 is 2.86 bits per heavy atom. The SMILES string of the molecule is CCNC(Cc1ccnn1CC)c1nc2ccccc2s1. The molecule has 0 saturated heterocycles. The fourth-order valence-electron chi connectivity index (χ4n) is 2.56. The van der Waals surface area contributed by atoms with E-state index in [1.54, 1.807) is 11.3 Å². The number of aryl methyl sites for hydroxylation is 1. The zero-order chi connectivity index (χ0) is 14.7. The van der Waals surface area contributed by atoms with Crippen LogP contribution in [0.15, 0.2) is 36.5 Å². The maximum Gasteiger partial charge on any atom is 0.111 e. The van der Waals surface area contributed by atoms with E-state index in [9.17, 15) is 0 Å². The Bertz CT molecular complexity index is 683. The van der Waals surface area contributed by atoms with E-state index in [1.807, 2.05) is 12.3 Å². The van der Waals surface area contributed by atoms with Gasteiger partial charge in [0.2, 0.25) is 0 Å². The zero-order valence-electron chi connectivity index (χ0n) is 12.4. The van der Waals surface area contributed by atoms with Crippen molar-refractivity contribution in [2.45, 2.75) is 32.9 Å². The van der Waals surface area contributed by atoms with Gasteiger partial charge in [0, 0.05) is 24.9 Å². The van der Waals surface area contributed by atoms with Crippen LogP contribution in [0, 0.1) is 0 Å². The molecule has 0 aliphatic heterocycles. The molecule has 21 heavy (non-hydrogen) atoms. The molecule has 0 fully saturated rings. The van der Waals surface area contributed by atoms with Crippen LogP contribution >= 0.6 is 11.3 Å². The molecule has 1 unspecified atom stereocenters. The second-order valence-corrected chi connectivity index (χ2v) is 6.03. The first-order chi connectivity index (χ1) is 10.3. The zero-order valence-corrected chi connectivity index (χ0v) is 13.2. The van der Waals surface area contributed by atoms with Crippen molar-refractivity contribution in [2.24, 2.45) is 0 Å². The molecule has 110 valence electrons. The van der Waals surface area contributed by atoms with E-state index in [0.29, 0.717) is 0 Å². The first kappa shape index (κ1) is 14.2. The molecule has 3 aromatic rings. The number of fused-ring (bicyclic) bond motifs is 1. The number of hydrogen-bond acceptors (Lipinski definition) is 4. The smallest absolute Gasteiger partial charge is 0.111 e. The largest absolute Gasteiger partial charge is 0.308 e. The third kappa shape index (κ3) is 2.99. The van der Waals surface area contributed by atoms with Crippen molar-refractivity contribution in [3.05, 3.63) is 47.2 Å². The quantitative estimate of drug-likeness (QED) is 0.758. The van der Waals surface area contributed by atoms with E-state index < -0.39 is 0 Å². The summed E-state index contributed by atoms with van der Waals surface area (Å²) in [6.45, 7) is 6.09. The molecule has 1 N–H and O–H groups in total. The highest BCUT2D eigenvalue weighted by atomic mass is 32.1. The molecule has 0 radical (unpaired) electrons. The fraction of sp³-hybridized carbons (Fsp3) is 0.375. The van der Waals surface area contributed by atoms with Gasteiger partial charge in [-0.15, -0.1) is 11.3 Å². The third-order valence-electron chi connectivity index (χ3n) is 3.58. The summed E-state index contributed by atoms with van der Waals surface area (Å²) in [7, 11) is 0. The van der Waals surface area contributed by atoms with Gasteiger partial charge in [-0.1, -0.05) is 19.1 Å². The van der Waals surface area contributed by atoms with Crippen LogP contribution in [0.4, 0.5) is 0 Å². The number of benzene rings is 1. The fourth-order valence-corrected chi connectivity index (χ4v) is 3.60. The normalized spacial score (nSPS) is 12.9. The van der Waals surface area contributed by atoms with Gasteiger partial charge in [0.05, 0.1) is 16.3 Å². The summed E-state index contributed by atoms with van der Waals surface area (Å²) in [4.78, 5) is 4.79. The van der Waals surface area contributed by atoms with Gasteiger partial charge in [-0.2, -0.15) is 5.10 Å². The van der Waals surface area contributed by atoms with Crippen molar-refractivity contribution in [1.82, 2.24) is 20.1 Å². The van der Waals surface area contributed by atoms with Crippen LogP contribution in [0.25, 0.3) is 10.2 Å². The van der Waals surface area contributed by atoms with Crippen molar-refractivity contribution in [3.63, 3.8) is 0 Å². The number of likely N-dealkylation sites (N-methyl/N-ethyl adjacent to an activating group) is 1. The molecule has 0 saturated carbocycles. The Morgan fingerprint density at radius 1 is 1.24 bits per heavy atom. The van der Waals surface area contributed by atoms with Gasteiger partial charge in [0.25, 0.3) is 0 Å². The van der Waals surface area contributed by atoms with E-state index in [2.05, 4.69) is 53.2 Å². The summed E-state index contributed by atoms with van der Waals surface area (Å²) < 4.78 is 3.30. The summed E-state index contributed by atoms with van der Waals surface area (Å²) in [5.41, 5.74) is 2.34. The van der Waals surface area contributed by atoms with Crippen molar-refractivity contribution in [1.29, 1.82) is 0 Å². The number of thiazole rings is 1. The predicted octanol–water partition coefficient (Wildman–Crippen LogP) is 3.41. The monoisotopic (exact) mass is 300 g/mol. The standard InChI is InChI=1S/C16H20N4S/c1-3-17-14(11-12-9-10-18-20(12)4-2)16-19-13-7-5-6-8-15(13)21-16/h5-10,14,17H,3-4,11H2,1-2H3. The minimum absolute atomic E-state index is 0.245. The van der Waals surface area contributed by atoms with Gasteiger partial charge >= 0.3 is 0 Å². The van der Waals surface area contributed by atoms with E-state index in [-0.39, 0.29) is 6.04 Å². The van der Waals surface area contributed by atoms with Gasteiger partial charge in [-0.3, -0.25) is 4.68 Å². The second kappa shape index (κ2) is 6.37. The topological polar surface area (TPSA) is 42.7 Å². The van der Waals surface area contributed by atoms with E-state index in [0.717, 1.165) is 30.0 Å². The van der Waals surface area contributed by atoms with Crippen LogP contribution in [0.2, 0.25) is 0 Å². The van der Waals surface area contributed by atoms with Gasteiger partial charge in [-0.05, 0) is 31.7 Å². The Balaban J connectivity index is 1.90. The molecule has 4 nitrogen and oxygen atoms in total. The first-order valence-electron chi connectivity index (χ1n) is 7.41. The molecule has 0 amide bonds. The number of aromatic nitrogens is 3. The number of nitrogens with zero attached hydrogens (tertiary/aromatic N) is 3. The molecule has 0 bridgehead atoms.